The number of hydrogen-bond acceptors (Lipinski definition) is 2. The molecule has 0 aromatic heterocycles. The maximum absolute atomic E-state index is 12.1. The van der Waals surface area contributed by atoms with Crippen LogP contribution in [0.15, 0.2) is 0 Å². The number of hydrogen-bond donors (Lipinski definition) is 2. The van der Waals surface area contributed by atoms with Gasteiger partial charge in [0.15, 0.2) is 0 Å². The summed E-state index contributed by atoms with van der Waals surface area (Å²) in [5.74, 6) is -1.39. The van der Waals surface area contributed by atoms with Crippen LogP contribution in [0.25, 0.3) is 0 Å². The molecule has 1 unspecified atom stereocenters. The van der Waals surface area contributed by atoms with Gasteiger partial charge >= 0.3 is 12.0 Å². The van der Waals surface area contributed by atoms with E-state index < -0.39 is 11.9 Å². The lowest BCUT2D eigenvalue weighted by Crippen LogP contribution is -2.46. The summed E-state index contributed by atoms with van der Waals surface area (Å²) in [6, 6.07) is 0.131. The van der Waals surface area contributed by atoms with Gasteiger partial charge in [-0.1, -0.05) is 32.6 Å². The number of amides is 2. The van der Waals surface area contributed by atoms with Gasteiger partial charge in [0, 0.05) is 19.1 Å². The maximum Gasteiger partial charge on any atom is 0.317 e. The second-order valence-corrected chi connectivity index (χ2v) is 5.42. The van der Waals surface area contributed by atoms with Crippen molar-refractivity contribution < 1.29 is 14.7 Å². The standard InChI is InChI=1S/C14H26N2O3/c1-3-16(10-11(2)13(17)18)14(19)15-12-8-6-4-5-7-9-12/h11-12H,3-10H2,1-2H3,(H,15,19)(H,17,18). The van der Waals surface area contributed by atoms with Crippen LogP contribution in [0.1, 0.15) is 52.4 Å². The zero-order chi connectivity index (χ0) is 14.3. The Kier molecular flexibility index (Phi) is 6.67. The Labute approximate surface area is 115 Å². The molecule has 0 aromatic rings. The van der Waals surface area contributed by atoms with Crippen molar-refractivity contribution in [3.8, 4) is 0 Å². The number of nitrogens with one attached hydrogen (secondary N) is 1. The van der Waals surface area contributed by atoms with Crippen molar-refractivity contribution in [1.29, 1.82) is 0 Å². The molecule has 0 aromatic carbocycles. The monoisotopic (exact) mass is 270 g/mol. The first-order valence-electron chi connectivity index (χ1n) is 7.32. The summed E-state index contributed by atoms with van der Waals surface area (Å²) in [5, 5.41) is 12.0. The highest BCUT2D eigenvalue weighted by atomic mass is 16.4. The summed E-state index contributed by atoms with van der Waals surface area (Å²) in [6.07, 6.45) is 6.92. The lowest BCUT2D eigenvalue weighted by Gasteiger charge is -2.26. The molecule has 5 nitrogen and oxygen atoms in total. The van der Waals surface area contributed by atoms with Crippen molar-refractivity contribution in [2.75, 3.05) is 13.1 Å². The third kappa shape index (κ3) is 5.49. The van der Waals surface area contributed by atoms with Gasteiger partial charge in [0.05, 0.1) is 5.92 Å². The summed E-state index contributed by atoms with van der Waals surface area (Å²) in [6.45, 7) is 4.31. The summed E-state index contributed by atoms with van der Waals surface area (Å²) < 4.78 is 0. The second-order valence-electron chi connectivity index (χ2n) is 5.42. The molecule has 2 amide bonds. The van der Waals surface area contributed by atoms with Crippen molar-refractivity contribution in [2.24, 2.45) is 5.92 Å². The summed E-state index contributed by atoms with van der Waals surface area (Å²) >= 11 is 0. The van der Waals surface area contributed by atoms with Crippen LogP contribution < -0.4 is 5.32 Å². The first-order valence-corrected chi connectivity index (χ1v) is 7.32. The molecule has 0 aliphatic heterocycles. The number of carboxylic acids is 1. The normalized spacial score (nSPS) is 18.4. The lowest BCUT2D eigenvalue weighted by atomic mass is 10.1. The molecule has 5 heteroatoms. The maximum atomic E-state index is 12.1. The molecule has 0 spiro atoms. The van der Waals surface area contributed by atoms with E-state index in [0.717, 1.165) is 12.8 Å². The molecule has 1 rings (SSSR count). The van der Waals surface area contributed by atoms with Crippen LogP contribution in [0, 0.1) is 5.92 Å². The highest BCUT2D eigenvalue weighted by molar-refractivity contribution is 5.76. The molecule has 2 N–H and O–H groups in total. The van der Waals surface area contributed by atoms with E-state index in [2.05, 4.69) is 5.32 Å². The topological polar surface area (TPSA) is 69.6 Å². The quantitative estimate of drug-likeness (QED) is 0.754. The molecule has 1 fully saturated rings. The van der Waals surface area contributed by atoms with Crippen LogP contribution in [-0.2, 0) is 4.79 Å². The molecule has 0 bridgehead atoms. The van der Waals surface area contributed by atoms with Gasteiger partial charge in [0.1, 0.15) is 0 Å². The van der Waals surface area contributed by atoms with Crippen LogP contribution >= 0.6 is 0 Å². The van der Waals surface area contributed by atoms with Gasteiger partial charge in [-0.25, -0.2) is 4.79 Å². The Morgan fingerprint density at radius 3 is 2.32 bits per heavy atom. The second kappa shape index (κ2) is 8.02. The predicted molar refractivity (Wildman–Crippen MR) is 74.1 cm³/mol. The smallest absolute Gasteiger partial charge is 0.317 e. The van der Waals surface area contributed by atoms with E-state index in [1.807, 2.05) is 6.92 Å². The van der Waals surface area contributed by atoms with Crippen LogP contribution in [0.3, 0.4) is 0 Å². The van der Waals surface area contributed by atoms with E-state index in [4.69, 9.17) is 5.11 Å². The third-order valence-corrected chi connectivity index (χ3v) is 3.77. The number of aliphatic carboxylic acids is 1. The van der Waals surface area contributed by atoms with Crippen molar-refractivity contribution in [3.05, 3.63) is 0 Å². The number of rotatable bonds is 5. The Morgan fingerprint density at radius 1 is 1.26 bits per heavy atom. The van der Waals surface area contributed by atoms with Gasteiger partial charge in [-0.05, 0) is 19.8 Å². The van der Waals surface area contributed by atoms with E-state index in [0.29, 0.717) is 6.54 Å². The van der Waals surface area contributed by atoms with Crippen molar-refractivity contribution in [2.45, 2.75) is 58.4 Å². The summed E-state index contributed by atoms with van der Waals surface area (Å²) in [4.78, 5) is 24.6. The Morgan fingerprint density at radius 2 is 1.84 bits per heavy atom. The number of carbonyl (C=O) groups excluding carboxylic acids is 1. The van der Waals surface area contributed by atoms with E-state index in [-0.39, 0.29) is 18.6 Å². The van der Waals surface area contributed by atoms with Gasteiger partial charge in [-0.2, -0.15) is 0 Å². The Bertz CT molecular complexity index is 299. The lowest BCUT2D eigenvalue weighted by molar-refractivity contribution is -0.141. The largest absolute Gasteiger partial charge is 0.481 e. The van der Waals surface area contributed by atoms with E-state index in [1.54, 1.807) is 11.8 Å². The molecule has 1 aliphatic carbocycles. The van der Waals surface area contributed by atoms with E-state index in [1.165, 1.54) is 25.7 Å². The van der Waals surface area contributed by atoms with Crippen molar-refractivity contribution in [1.82, 2.24) is 10.2 Å². The van der Waals surface area contributed by atoms with Crippen LogP contribution in [-0.4, -0.2) is 41.1 Å². The zero-order valence-corrected chi connectivity index (χ0v) is 12.0. The molecule has 1 aliphatic rings. The van der Waals surface area contributed by atoms with E-state index in [9.17, 15) is 9.59 Å². The Hall–Kier alpha value is -1.26. The van der Waals surface area contributed by atoms with Gasteiger partial charge < -0.3 is 15.3 Å². The molecule has 1 atom stereocenters. The minimum Gasteiger partial charge on any atom is -0.481 e. The summed E-state index contributed by atoms with van der Waals surface area (Å²) in [7, 11) is 0. The van der Waals surface area contributed by atoms with Crippen LogP contribution in [0.5, 0.6) is 0 Å². The first kappa shape index (κ1) is 15.8. The molecule has 0 radical (unpaired) electrons. The highest BCUT2D eigenvalue weighted by Gasteiger charge is 2.21. The fraction of sp³-hybridized carbons (Fsp3) is 0.857. The van der Waals surface area contributed by atoms with Gasteiger partial charge in [0.25, 0.3) is 0 Å². The summed E-state index contributed by atoms with van der Waals surface area (Å²) in [5.41, 5.74) is 0. The van der Waals surface area contributed by atoms with Crippen LogP contribution in [0.4, 0.5) is 4.79 Å². The number of urea groups is 1. The minimum atomic E-state index is -0.860. The minimum absolute atomic E-state index is 0.123. The first-order chi connectivity index (χ1) is 9.04. The number of carboxylic acid groups (broad SMARTS) is 1. The number of nitrogens with zero attached hydrogens (tertiary/aromatic N) is 1. The average molecular weight is 270 g/mol. The fourth-order valence-electron chi connectivity index (χ4n) is 2.45. The van der Waals surface area contributed by atoms with Gasteiger partial charge in [0.2, 0.25) is 0 Å². The predicted octanol–water partition coefficient (Wildman–Crippen LogP) is 2.46. The molecular formula is C14H26N2O3. The molecule has 110 valence electrons. The molecule has 0 saturated heterocycles. The SMILES string of the molecule is CCN(CC(C)C(=O)O)C(=O)NC1CCCCCC1. The van der Waals surface area contributed by atoms with Crippen molar-refractivity contribution in [3.63, 3.8) is 0 Å². The Balaban J connectivity index is 2.46. The molecule has 0 heterocycles. The highest BCUT2D eigenvalue weighted by Crippen LogP contribution is 2.17. The third-order valence-electron chi connectivity index (χ3n) is 3.77. The molecule has 19 heavy (non-hydrogen) atoms. The van der Waals surface area contributed by atoms with Gasteiger partial charge in [-0.3, -0.25) is 4.79 Å². The average Bonchev–Trinajstić information content (AvgIpc) is 2.63. The van der Waals surface area contributed by atoms with Crippen LogP contribution in [0.2, 0.25) is 0 Å². The zero-order valence-electron chi connectivity index (χ0n) is 12.0. The number of carbonyl (C=O) groups is 2. The molecule has 1 saturated carbocycles. The van der Waals surface area contributed by atoms with E-state index >= 15 is 0 Å². The fourth-order valence-corrected chi connectivity index (χ4v) is 2.45. The van der Waals surface area contributed by atoms with Gasteiger partial charge in [-0.15, -0.1) is 0 Å². The molecular weight excluding hydrogens is 244 g/mol. The van der Waals surface area contributed by atoms with Crippen molar-refractivity contribution >= 4 is 12.0 Å².